The van der Waals surface area contributed by atoms with Crippen molar-refractivity contribution in [3.05, 3.63) is 60.2 Å². The maximum Gasteiger partial charge on any atom is 0.241 e. The summed E-state index contributed by atoms with van der Waals surface area (Å²) in [6, 6.07) is 17.2. The van der Waals surface area contributed by atoms with E-state index in [1.54, 1.807) is 19.0 Å². The molecule has 6 nitrogen and oxygen atoms in total. The average Bonchev–Trinajstić information content (AvgIpc) is 3.20. The summed E-state index contributed by atoms with van der Waals surface area (Å²) in [5.74, 6) is 0.778. The number of benzene rings is 2. The first-order chi connectivity index (χ1) is 14.1. The second kappa shape index (κ2) is 8.25. The molecule has 0 radical (unpaired) electrons. The molecular weight excluding hydrogens is 366 g/mol. The Morgan fingerprint density at radius 3 is 2.55 bits per heavy atom. The number of carbonyl (C=O) groups is 2. The van der Waals surface area contributed by atoms with E-state index in [0.717, 1.165) is 36.4 Å². The lowest BCUT2D eigenvalue weighted by molar-refractivity contribution is -0.134. The summed E-state index contributed by atoms with van der Waals surface area (Å²) < 4.78 is 5.96. The van der Waals surface area contributed by atoms with E-state index in [9.17, 15) is 9.59 Å². The molecule has 2 aliphatic heterocycles. The zero-order valence-corrected chi connectivity index (χ0v) is 17.0. The fraction of sp³-hybridized carbons (Fsp3) is 0.391. The Kier molecular flexibility index (Phi) is 5.53. The van der Waals surface area contributed by atoms with Gasteiger partial charge in [-0.1, -0.05) is 42.5 Å². The SMILES string of the molecule is CN(C)C(=O)C1CCCN1CC(=O)N1c2ccccc2OCC1c1ccccc1. The Morgan fingerprint density at radius 2 is 1.79 bits per heavy atom. The van der Waals surface area contributed by atoms with Crippen LogP contribution in [-0.4, -0.2) is 61.4 Å². The predicted octanol–water partition coefficient (Wildman–Crippen LogP) is 2.71. The number of amides is 2. The lowest BCUT2D eigenvalue weighted by Gasteiger charge is -2.38. The van der Waals surface area contributed by atoms with Crippen molar-refractivity contribution in [2.24, 2.45) is 0 Å². The molecule has 0 bridgehead atoms. The number of likely N-dealkylation sites (tertiary alicyclic amines) is 1. The third-order valence-electron chi connectivity index (χ3n) is 5.71. The Bertz CT molecular complexity index is 884. The highest BCUT2D eigenvalue weighted by atomic mass is 16.5. The minimum absolute atomic E-state index is 0.00643. The van der Waals surface area contributed by atoms with Crippen molar-refractivity contribution in [3.63, 3.8) is 0 Å². The van der Waals surface area contributed by atoms with Gasteiger partial charge in [0.1, 0.15) is 12.4 Å². The van der Waals surface area contributed by atoms with E-state index in [1.807, 2.05) is 64.4 Å². The van der Waals surface area contributed by atoms with E-state index in [2.05, 4.69) is 0 Å². The summed E-state index contributed by atoms with van der Waals surface area (Å²) >= 11 is 0. The first-order valence-corrected chi connectivity index (χ1v) is 10.1. The largest absolute Gasteiger partial charge is 0.489 e. The molecule has 0 aromatic heterocycles. The Labute approximate surface area is 171 Å². The molecule has 152 valence electrons. The number of para-hydroxylation sites is 2. The van der Waals surface area contributed by atoms with E-state index in [0.29, 0.717) is 6.61 Å². The van der Waals surface area contributed by atoms with E-state index in [1.165, 1.54) is 0 Å². The zero-order chi connectivity index (χ0) is 20.4. The molecule has 1 saturated heterocycles. The summed E-state index contributed by atoms with van der Waals surface area (Å²) in [6.07, 6.45) is 1.73. The van der Waals surface area contributed by atoms with Gasteiger partial charge in [0.05, 0.1) is 24.3 Å². The van der Waals surface area contributed by atoms with Gasteiger partial charge in [0.25, 0.3) is 0 Å². The molecule has 2 aromatic rings. The summed E-state index contributed by atoms with van der Waals surface area (Å²) in [5, 5.41) is 0. The monoisotopic (exact) mass is 393 g/mol. The van der Waals surface area contributed by atoms with Gasteiger partial charge in [0.2, 0.25) is 11.8 Å². The topological polar surface area (TPSA) is 53.1 Å². The van der Waals surface area contributed by atoms with Gasteiger partial charge in [0, 0.05) is 14.1 Å². The molecule has 0 saturated carbocycles. The van der Waals surface area contributed by atoms with Crippen LogP contribution < -0.4 is 9.64 Å². The summed E-state index contributed by atoms with van der Waals surface area (Å²) in [7, 11) is 3.54. The minimum atomic E-state index is -0.222. The van der Waals surface area contributed by atoms with Crippen LogP contribution in [0.25, 0.3) is 0 Å². The number of fused-ring (bicyclic) bond motifs is 1. The van der Waals surface area contributed by atoms with Crippen molar-refractivity contribution in [1.29, 1.82) is 0 Å². The molecule has 2 amide bonds. The molecule has 0 N–H and O–H groups in total. The molecule has 0 spiro atoms. The van der Waals surface area contributed by atoms with Crippen molar-refractivity contribution in [1.82, 2.24) is 9.80 Å². The summed E-state index contributed by atoms with van der Waals surface area (Å²) in [6.45, 7) is 1.40. The highest BCUT2D eigenvalue weighted by Crippen LogP contribution is 2.39. The van der Waals surface area contributed by atoms with E-state index in [-0.39, 0.29) is 30.4 Å². The third-order valence-corrected chi connectivity index (χ3v) is 5.71. The standard InChI is InChI=1S/C23H27N3O3/c1-24(2)23(28)19-12-8-14-25(19)15-22(27)26-18-11-6-7-13-21(18)29-16-20(26)17-9-4-3-5-10-17/h3-7,9-11,13,19-20H,8,12,14-16H2,1-2H3. The number of hydrogen-bond donors (Lipinski definition) is 0. The number of rotatable bonds is 4. The number of carbonyl (C=O) groups excluding carboxylic acids is 2. The van der Waals surface area contributed by atoms with Gasteiger partial charge in [-0.3, -0.25) is 19.4 Å². The Morgan fingerprint density at radius 1 is 1.07 bits per heavy atom. The average molecular weight is 393 g/mol. The maximum atomic E-state index is 13.5. The van der Waals surface area contributed by atoms with Crippen molar-refractivity contribution >= 4 is 17.5 Å². The maximum absolute atomic E-state index is 13.5. The fourth-order valence-electron chi connectivity index (χ4n) is 4.26. The quantitative estimate of drug-likeness (QED) is 0.802. The van der Waals surface area contributed by atoms with Crippen molar-refractivity contribution in [2.45, 2.75) is 24.9 Å². The van der Waals surface area contributed by atoms with Gasteiger partial charge >= 0.3 is 0 Å². The molecule has 6 heteroatoms. The molecule has 2 aliphatic rings. The molecule has 1 fully saturated rings. The second-order valence-electron chi connectivity index (χ2n) is 7.83. The molecular formula is C23H27N3O3. The Balaban J connectivity index is 1.62. The number of nitrogens with zero attached hydrogens (tertiary/aromatic N) is 3. The number of ether oxygens (including phenoxy) is 1. The van der Waals surface area contributed by atoms with E-state index in [4.69, 9.17) is 4.74 Å². The van der Waals surface area contributed by atoms with Crippen LogP contribution >= 0.6 is 0 Å². The number of likely N-dealkylation sites (N-methyl/N-ethyl adjacent to an activating group) is 1. The van der Waals surface area contributed by atoms with E-state index < -0.39 is 0 Å². The van der Waals surface area contributed by atoms with Crippen LogP contribution in [-0.2, 0) is 9.59 Å². The smallest absolute Gasteiger partial charge is 0.241 e. The molecule has 0 aliphatic carbocycles. The molecule has 29 heavy (non-hydrogen) atoms. The highest BCUT2D eigenvalue weighted by molar-refractivity contribution is 5.98. The van der Waals surface area contributed by atoms with Crippen molar-refractivity contribution in [2.75, 3.05) is 38.7 Å². The van der Waals surface area contributed by atoms with Crippen LogP contribution in [0.4, 0.5) is 5.69 Å². The van der Waals surface area contributed by atoms with Crippen LogP contribution in [0.15, 0.2) is 54.6 Å². The summed E-state index contributed by atoms with van der Waals surface area (Å²) in [4.78, 5) is 31.6. The predicted molar refractivity (Wildman–Crippen MR) is 112 cm³/mol. The fourth-order valence-corrected chi connectivity index (χ4v) is 4.26. The van der Waals surface area contributed by atoms with Crippen LogP contribution in [0, 0.1) is 0 Å². The van der Waals surface area contributed by atoms with Crippen LogP contribution in [0.5, 0.6) is 5.75 Å². The Hall–Kier alpha value is -2.86. The molecule has 2 atom stereocenters. The van der Waals surface area contributed by atoms with Gasteiger partial charge in [-0.15, -0.1) is 0 Å². The van der Waals surface area contributed by atoms with Crippen molar-refractivity contribution in [3.8, 4) is 5.75 Å². The van der Waals surface area contributed by atoms with Crippen LogP contribution in [0.1, 0.15) is 24.4 Å². The lowest BCUT2D eigenvalue weighted by atomic mass is 10.0. The summed E-state index contributed by atoms with van der Waals surface area (Å²) in [5.41, 5.74) is 1.82. The van der Waals surface area contributed by atoms with E-state index >= 15 is 0 Å². The second-order valence-corrected chi connectivity index (χ2v) is 7.83. The number of hydrogen-bond acceptors (Lipinski definition) is 4. The van der Waals surface area contributed by atoms with Crippen LogP contribution in [0.3, 0.4) is 0 Å². The first kappa shape index (κ1) is 19.5. The van der Waals surface area contributed by atoms with Gasteiger partial charge in [-0.2, -0.15) is 0 Å². The van der Waals surface area contributed by atoms with Gasteiger partial charge in [-0.05, 0) is 37.1 Å². The van der Waals surface area contributed by atoms with Crippen LogP contribution in [0.2, 0.25) is 0 Å². The highest BCUT2D eigenvalue weighted by Gasteiger charge is 2.37. The lowest BCUT2D eigenvalue weighted by Crippen LogP contribution is -2.49. The molecule has 2 heterocycles. The first-order valence-electron chi connectivity index (χ1n) is 10.1. The van der Waals surface area contributed by atoms with Gasteiger partial charge in [-0.25, -0.2) is 0 Å². The molecule has 4 rings (SSSR count). The molecule has 2 aromatic carbocycles. The zero-order valence-electron chi connectivity index (χ0n) is 17.0. The molecule has 2 unspecified atom stereocenters. The normalized spacial score (nSPS) is 21.4. The number of anilines is 1. The minimum Gasteiger partial charge on any atom is -0.489 e. The van der Waals surface area contributed by atoms with Crippen molar-refractivity contribution < 1.29 is 14.3 Å². The van der Waals surface area contributed by atoms with Gasteiger partial charge < -0.3 is 9.64 Å². The van der Waals surface area contributed by atoms with Gasteiger partial charge in [0.15, 0.2) is 0 Å². The third kappa shape index (κ3) is 3.85.